The maximum atomic E-state index is 7.00. The predicted octanol–water partition coefficient (Wildman–Crippen LogP) is 8.24. The van der Waals surface area contributed by atoms with Crippen molar-refractivity contribution in [3.8, 4) is 0 Å². The van der Waals surface area contributed by atoms with Crippen molar-refractivity contribution < 1.29 is 0 Å². The lowest BCUT2D eigenvalue weighted by Crippen LogP contribution is -2.74. The van der Waals surface area contributed by atoms with Crippen LogP contribution in [0.15, 0.2) is 91.0 Å². The third-order valence-corrected chi connectivity index (χ3v) is 16.1. The molecule has 0 atom stereocenters. The van der Waals surface area contributed by atoms with Gasteiger partial charge in [-0.1, -0.05) is 189 Å². The van der Waals surface area contributed by atoms with Gasteiger partial charge >= 0.3 is 0 Å². The lowest BCUT2D eigenvalue weighted by Gasteiger charge is -2.28. The molecule has 0 spiro atoms. The summed E-state index contributed by atoms with van der Waals surface area (Å²) in [7, 11) is -3.78. The van der Waals surface area contributed by atoms with Crippen LogP contribution < -0.4 is 26.4 Å². The molecule has 40 heavy (non-hydrogen) atoms. The number of rotatable bonds is 18. The molecule has 3 aromatic carbocycles. The Balaban J connectivity index is 0.000000280. The van der Waals surface area contributed by atoms with Gasteiger partial charge < -0.3 is 10.8 Å². The second-order valence-corrected chi connectivity index (χ2v) is 19.3. The fraction of sp³-hybridized carbons (Fsp3) is 0.500. The van der Waals surface area contributed by atoms with Crippen molar-refractivity contribution in [1.82, 2.24) is 0 Å². The molecule has 4 heteroatoms. The molecule has 0 aliphatic heterocycles. The van der Waals surface area contributed by atoms with Gasteiger partial charge in [-0.3, -0.25) is 0 Å². The van der Waals surface area contributed by atoms with Crippen LogP contribution in [0.25, 0.3) is 0 Å². The quantitative estimate of drug-likeness (QED) is 0.0913. The zero-order chi connectivity index (χ0) is 28.9. The molecule has 4 N–H and O–H groups in total. The van der Waals surface area contributed by atoms with E-state index in [4.69, 9.17) is 10.8 Å². The fourth-order valence-electron chi connectivity index (χ4n) is 5.69. The molecule has 0 aliphatic carbocycles. The Morgan fingerprint density at radius 3 is 0.925 bits per heavy atom. The maximum Gasteiger partial charge on any atom is 0.219 e. The first-order chi connectivity index (χ1) is 19.5. The third kappa shape index (κ3) is 11.9. The minimum absolute atomic E-state index is 1.23. The number of hydrogen-bond donors (Lipinski definition) is 2. The average molecular weight is 575 g/mol. The van der Waals surface area contributed by atoms with Gasteiger partial charge in [0.2, 0.25) is 8.24 Å². The Hall–Kier alpha value is -1.99. The van der Waals surface area contributed by atoms with Crippen molar-refractivity contribution >= 4 is 32.0 Å². The molecule has 0 aromatic heterocycles. The van der Waals surface area contributed by atoms with E-state index in [0.29, 0.717) is 0 Å². The van der Waals surface area contributed by atoms with Crippen molar-refractivity contribution in [2.45, 2.75) is 116 Å². The summed E-state index contributed by atoms with van der Waals surface area (Å²) in [6.07, 6.45) is 16.6. The van der Waals surface area contributed by atoms with E-state index in [1.165, 1.54) is 111 Å². The normalized spacial score (nSPS) is 11.6. The molecule has 220 valence electrons. The summed E-state index contributed by atoms with van der Waals surface area (Å²) in [5.41, 5.74) is 0. The van der Waals surface area contributed by atoms with Crippen LogP contribution in [0, 0.1) is 0 Å². The summed E-state index contributed by atoms with van der Waals surface area (Å²) in [4.78, 5) is 0. The summed E-state index contributed by atoms with van der Waals surface area (Å²) in [6.45, 7) is 6.88. The summed E-state index contributed by atoms with van der Waals surface area (Å²) in [6, 6.07) is 35.6. The van der Waals surface area contributed by atoms with E-state index in [2.05, 4.69) is 93.6 Å². The third-order valence-electron chi connectivity index (χ3n) is 8.27. The first kappa shape index (κ1) is 34.2. The molecule has 0 amide bonds. The van der Waals surface area contributed by atoms with Gasteiger partial charge in [-0.15, -0.1) is 0 Å². The molecule has 0 bridgehead atoms. The molecular formula is C36H58N2Si2. The van der Waals surface area contributed by atoms with Crippen LogP contribution in [0.5, 0.6) is 0 Å². The number of unbranched alkanes of at least 4 members (excludes halogenated alkanes) is 9. The summed E-state index contributed by atoms with van der Waals surface area (Å²) >= 11 is 0. The molecule has 2 nitrogen and oxygen atoms in total. The Morgan fingerprint density at radius 2 is 0.675 bits per heavy atom. The molecule has 3 rings (SSSR count). The van der Waals surface area contributed by atoms with E-state index in [0.717, 1.165) is 0 Å². The van der Waals surface area contributed by atoms with Gasteiger partial charge in [-0.05, 0) is 33.7 Å². The van der Waals surface area contributed by atoms with E-state index in [9.17, 15) is 0 Å². The summed E-state index contributed by atoms with van der Waals surface area (Å²) in [5.74, 6) is 0. The van der Waals surface area contributed by atoms with Crippen molar-refractivity contribution in [2.24, 2.45) is 10.8 Å². The first-order valence-electron chi connectivity index (χ1n) is 16.2. The lowest BCUT2D eigenvalue weighted by molar-refractivity contribution is 0.663. The zero-order valence-electron chi connectivity index (χ0n) is 25.9. The second-order valence-electron chi connectivity index (χ2n) is 11.7. The van der Waals surface area contributed by atoms with Crippen molar-refractivity contribution in [1.29, 1.82) is 0 Å². The summed E-state index contributed by atoms with van der Waals surface area (Å²) < 4.78 is 0. The summed E-state index contributed by atoms with van der Waals surface area (Å²) in [5, 5.41) is 17.6. The second kappa shape index (κ2) is 20.0. The van der Waals surface area contributed by atoms with Gasteiger partial charge in [0.15, 0.2) is 0 Å². The van der Waals surface area contributed by atoms with Crippen molar-refractivity contribution in [3.63, 3.8) is 0 Å². The molecule has 0 saturated carbocycles. The van der Waals surface area contributed by atoms with E-state index < -0.39 is 16.5 Å². The molecule has 0 saturated heterocycles. The topological polar surface area (TPSA) is 52.0 Å². The maximum absolute atomic E-state index is 7.00. The minimum atomic E-state index is -2.38. The van der Waals surface area contributed by atoms with Crippen LogP contribution in [-0.2, 0) is 0 Å². The molecule has 3 aromatic rings. The predicted molar refractivity (Wildman–Crippen MR) is 185 cm³/mol. The van der Waals surface area contributed by atoms with Gasteiger partial charge in [0, 0.05) is 0 Å². The Bertz CT molecular complexity index is 867. The highest BCUT2D eigenvalue weighted by Gasteiger charge is 2.35. The minimum Gasteiger partial charge on any atom is -0.351 e. The van der Waals surface area contributed by atoms with Crippen LogP contribution in [0.4, 0.5) is 0 Å². The van der Waals surface area contributed by atoms with E-state index >= 15 is 0 Å². The number of nitrogens with two attached hydrogens (primary N) is 2. The van der Waals surface area contributed by atoms with Crippen LogP contribution >= 0.6 is 0 Å². The molecule has 0 unspecified atom stereocenters. The van der Waals surface area contributed by atoms with Crippen LogP contribution in [0.2, 0.25) is 18.1 Å². The highest BCUT2D eigenvalue weighted by molar-refractivity contribution is 7.09. The standard InChI is InChI=1S/C18H17NSi.C18H41NSi/c19-20(16-10-4-1-5-11-16,17-12-6-2-7-13-17)18-14-8-3-9-15-18;1-4-7-10-13-16-20(19,17-14-11-8-5-2)18-15-12-9-6-3/h1-15H,19H2;4-19H2,1-3H3. The molecule has 0 radical (unpaired) electrons. The van der Waals surface area contributed by atoms with Gasteiger partial charge in [0.1, 0.15) is 8.24 Å². The average Bonchev–Trinajstić information content (AvgIpc) is 3.01. The number of hydrogen-bond acceptors (Lipinski definition) is 2. The van der Waals surface area contributed by atoms with Gasteiger partial charge in [-0.2, -0.15) is 0 Å². The smallest absolute Gasteiger partial charge is 0.219 e. The largest absolute Gasteiger partial charge is 0.351 e. The van der Waals surface area contributed by atoms with Gasteiger partial charge in [0.05, 0.1) is 0 Å². The Morgan fingerprint density at radius 1 is 0.400 bits per heavy atom. The van der Waals surface area contributed by atoms with Crippen LogP contribution in [0.3, 0.4) is 0 Å². The van der Waals surface area contributed by atoms with Crippen LogP contribution in [-0.4, -0.2) is 16.5 Å². The highest BCUT2D eigenvalue weighted by atomic mass is 28.3. The van der Waals surface area contributed by atoms with Crippen LogP contribution in [0.1, 0.15) is 97.8 Å². The molecule has 0 heterocycles. The Kier molecular flexibility index (Phi) is 17.1. The lowest BCUT2D eigenvalue weighted by atomic mass is 10.2. The van der Waals surface area contributed by atoms with Crippen molar-refractivity contribution in [3.05, 3.63) is 91.0 Å². The van der Waals surface area contributed by atoms with Gasteiger partial charge in [0.25, 0.3) is 0 Å². The zero-order valence-corrected chi connectivity index (χ0v) is 27.9. The van der Waals surface area contributed by atoms with E-state index in [1.807, 2.05) is 18.2 Å². The van der Waals surface area contributed by atoms with Gasteiger partial charge in [-0.25, -0.2) is 0 Å². The molecule has 0 fully saturated rings. The van der Waals surface area contributed by atoms with E-state index in [1.54, 1.807) is 0 Å². The van der Waals surface area contributed by atoms with Crippen molar-refractivity contribution in [2.75, 3.05) is 0 Å². The Labute approximate surface area is 249 Å². The van der Waals surface area contributed by atoms with E-state index in [-0.39, 0.29) is 0 Å². The highest BCUT2D eigenvalue weighted by Crippen LogP contribution is 2.25. The SMILES string of the molecule is CCCCCC[Si](N)(CCCCCC)CCCCCC.N[Si](c1ccccc1)(c1ccccc1)c1ccccc1. The fourth-order valence-corrected chi connectivity index (χ4v) is 12.5. The molecular weight excluding hydrogens is 517 g/mol. The molecule has 0 aliphatic rings. The first-order valence-corrected chi connectivity index (χ1v) is 21.0. The monoisotopic (exact) mass is 574 g/mol. The number of benzene rings is 3.